The van der Waals surface area contributed by atoms with Crippen LogP contribution in [0.25, 0.3) is 0 Å². The predicted molar refractivity (Wildman–Crippen MR) is 90.1 cm³/mol. The van der Waals surface area contributed by atoms with E-state index >= 15 is 0 Å². The molecule has 0 aromatic rings. The van der Waals surface area contributed by atoms with E-state index in [1.54, 1.807) is 0 Å². The lowest BCUT2D eigenvalue weighted by molar-refractivity contribution is -0.171. The molecule has 0 heterocycles. The molecule has 152 valence electrons. The SMILES string of the molecule is COC(=O)[C@@H]1C2[C@@H]3[C@@H]4C([C@@H]1C(=O)OC)[C@H]1[C@H]2C1(COC(C)=O)C34COC(C)=O. The molecule has 4 unspecified atom stereocenters. The Bertz CT molecular complexity index is 716. The van der Waals surface area contributed by atoms with E-state index in [2.05, 4.69) is 0 Å². The molecule has 6 aliphatic rings. The van der Waals surface area contributed by atoms with Gasteiger partial charge in [-0.15, -0.1) is 0 Å². The molecule has 0 aromatic heterocycles. The third kappa shape index (κ3) is 1.66. The lowest BCUT2D eigenvalue weighted by Crippen LogP contribution is -2.51. The quantitative estimate of drug-likeness (QED) is 0.473. The van der Waals surface area contributed by atoms with E-state index in [0.29, 0.717) is 0 Å². The molecule has 8 nitrogen and oxygen atoms in total. The van der Waals surface area contributed by atoms with Gasteiger partial charge in [-0.25, -0.2) is 0 Å². The molecule has 6 aliphatic carbocycles. The number of esters is 4. The fourth-order valence-corrected chi connectivity index (χ4v) is 8.37. The van der Waals surface area contributed by atoms with Crippen molar-refractivity contribution in [3.05, 3.63) is 0 Å². The summed E-state index contributed by atoms with van der Waals surface area (Å²) in [4.78, 5) is 48.4. The normalized spacial score (nSPS) is 49.9. The van der Waals surface area contributed by atoms with Crippen molar-refractivity contribution in [2.75, 3.05) is 27.4 Å². The molecule has 0 aromatic carbocycles. The highest BCUT2D eigenvalue weighted by Gasteiger charge is 3.05. The second-order valence-corrected chi connectivity index (χ2v) is 9.00. The van der Waals surface area contributed by atoms with E-state index in [4.69, 9.17) is 18.9 Å². The zero-order valence-electron chi connectivity index (χ0n) is 16.3. The maximum Gasteiger partial charge on any atom is 0.309 e. The van der Waals surface area contributed by atoms with Gasteiger partial charge in [0, 0.05) is 24.7 Å². The summed E-state index contributed by atoms with van der Waals surface area (Å²) in [6.07, 6.45) is 0. The molecule has 6 saturated carbocycles. The minimum Gasteiger partial charge on any atom is -0.469 e. The molecule has 0 amide bonds. The summed E-state index contributed by atoms with van der Waals surface area (Å²) in [6, 6.07) is 0. The van der Waals surface area contributed by atoms with Crippen molar-refractivity contribution in [1.82, 2.24) is 0 Å². The van der Waals surface area contributed by atoms with Gasteiger partial charge in [-0.1, -0.05) is 0 Å². The van der Waals surface area contributed by atoms with E-state index in [1.807, 2.05) is 0 Å². The Morgan fingerprint density at radius 3 is 1.25 bits per heavy atom. The van der Waals surface area contributed by atoms with Crippen LogP contribution in [0.5, 0.6) is 0 Å². The summed E-state index contributed by atoms with van der Waals surface area (Å²) >= 11 is 0. The number of hydrogen-bond acceptors (Lipinski definition) is 8. The van der Waals surface area contributed by atoms with Crippen molar-refractivity contribution in [3.63, 3.8) is 0 Å². The van der Waals surface area contributed by atoms with Crippen LogP contribution in [-0.2, 0) is 38.1 Å². The van der Waals surface area contributed by atoms with Crippen LogP contribution in [0.3, 0.4) is 0 Å². The first-order chi connectivity index (χ1) is 13.3. The summed E-state index contributed by atoms with van der Waals surface area (Å²) in [5.74, 6) is -1.88. The minimum atomic E-state index is -0.550. The van der Waals surface area contributed by atoms with Crippen molar-refractivity contribution in [2.24, 2.45) is 58.2 Å². The van der Waals surface area contributed by atoms with Gasteiger partial charge < -0.3 is 18.9 Å². The van der Waals surface area contributed by atoms with Crippen molar-refractivity contribution >= 4 is 23.9 Å². The number of ether oxygens (including phenoxy) is 4. The smallest absolute Gasteiger partial charge is 0.309 e. The lowest BCUT2D eigenvalue weighted by atomic mass is 9.58. The number of carbonyl (C=O) groups excluding carboxylic acids is 4. The number of methoxy groups -OCH3 is 2. The van der Waals surface area contributed by atoms with Gasteiger partial charge in [-0.3, -0.25) is 19.2 Å². The Labute approximate surface area is 162 Å². The minimum absolute atomic E-state index is 0.0253. The summed E-state index contributed by atoms with van der Waals surface area (Å²) in [7, 11) is 2.67. The fourth-order valence-electron chi connectivity index (χ4n) is 8.37. The Morgan fingerprint density at radius 1 is 0.679 bits per heavy atom. The third-order valence-corrected chi connectivity index (χ3v) is 8.65. The van der Waals surface area contributed by atoms with Crippen LogP contribution in [0, 0.1) is 58.2 Å². The second kappa shape index (κ2) is 5.27. The van der Waals surface area contributed by atoms with Crippen molar-refractivity contribution < 1.29 is 38.1 Å². The number of rotatable bonds is 6. The number of hydrogen-bond donors (Lipinski definition) is 0. The first-order valence-electron chi connectivity index (χ1n) is 9.72. The van der Waals surface area contributed by atoms with E-state index in [1.165, 1.54) is 28.1 Å². The summed E-state index contributed by atoms with van der Waals surface area (Å²) in [6.45, 7) is 3.25. The van der Waals surface area contributed by atoms with Crippen LogP contribution in [-0.4, -0.2) is 51.3 Å². The standard InChI is InChI=1S/C20H24O8/c1-7(21)27-5-19-13-11-9(17(23)25-3)10(18(24)26-4)12(14(13)19)16-15(11)20(16,19)6-28-8(2)22/h9-16H,5-6H2,1-4H3/t9-,10+,11?,12?,13-,14-,15+,16-,19?,20?/m0/s1. The average Bonchev–Trinajstić information content (AvgIpc) is 3.51. The molecule has 6 rings (SSSR count). The molecule has 0 saturated heterocycles. The number of carbonyl (C=O) groups is 4. The van der Waals surface area contributed by atoms with Crippen LogP contribution in [0.4, 0.5) is 0 Å². The molecular weight excluding hydrogens is 368 g/mol. The topological polar surface area (TPSA) is 105 Å². The van der Waals surface area contributed by atoms with Gasteiger partial charge in [-0.05, 0) is 35.5 Å². The maximum atomic E-state index is 12.7. The Kier molecular flexibility index (Phi) is 3.38. The van der Waals surface area contributed by atoms with Gasteiger partial charge in [0.05, 0.1) is 39.3 Å². The highest BCUT2D eigenvalue weighted by molar-refractivity contribution is 5.85. The lowest BCUT2D eigenvalue weighted by Gasteiger charge is -2.44. The summed E-state index contributed by atoms with van der Waals surface area (Å²) in [5.41, 5.74) is -0.623. The van der Waals surface area contributed by atoms with Crippen LogP contribution >= 0.6 is 0 Å². The Morgan fingerprint density at radius 2 is 1.00 bits per heavy atom. The van der Waals surface area contributed by atoms with Crippen LogP contribution in [0.1, 0.15) is 13.8 Å². The van der Waals surface area contributed by atoms with E-state index in [9.17, 15) is 19.2 Å². The molecule has 10 atom stereocenters. The molecule has 28 heavy (non-hydrogen) atoms. The van der Waals surface area contributed by atoms with E-state index in [0.717, 1.165) is 0 Å². The molecular formula is C20H24O8. The van der Waals surface area contributed by atoms with E-state index in [-0.39, 0.29) is 83.4 Å². The first-order valence-corrected chi connectivity index (χ1v) is 9.72. The molecule has 0 radical (unpaired) electrons. The molecule has 0 aliphatic heterocycles. The second-order valence-electron chi connectivity index (χ2n) is 9.00. The zero-order chi connectivity index (χ0) is 20.2. The Balaban J connectivity index is 1.57. The Hall–Kier alpha value is -2.12. The van der Waals surface area contributed by atoms with Gasteiger partial charge in [0.15, 0.2) is 0 Å². The van der Waals surface area contributed by atoms with Crippen LogP contribution in [0.15, 0.2) is 0 Å². The van der Waals surface area contributed by atoms with E-state index < -0.39 is 11.8 Å². The average molecular weight is 392 g/mol. The third-order valence-electron chi connectivity index (χ3n) is 8.65. The van der Waals surface area contributed by atoms with Crippen molar-refractivity contribution in [2.45, 2.75) is 13.8 Å². The van der Waals surface area contributed by atoms with Gasteiger partial charge in [-0.2, -0.15) is 0 Å². The van der Waals surface area contributed by atoms with Crippen molar-refractivity contribution in [3.8, 4) is 0 Å². The van der Waals surface area contributed by atoms with Gasteiger partial charge in [0.1, 0.15) is 0 Å². The van der Waals surface area contributed by atoms with Crippen LogP contribution in [0.2, 0.25) is 0 Å². The highest BCUT2D eigenvalue weighted by Crippen LogP contribution is 3.03. The summed E-state index contributed by atoms with van der Waals surface area (Å²) < 4.78 is 21.0. The van der Waals surface area contributed by atoms with Gasteiger partial charge in [0.25, 0.3) is 0 Å². The monoisotopic (exact) mass is 392 g/mol. The van der Waals surface area contributed by atoms with Crippen LogP contribution < -0.4 is 0 Å². The molecule has 6 fully saturated rings. The summed E-state index contributed by atoms with van der Waals surface area (Å²) in [5, 5.41) is 0. The van der Waals surface area contributed by atoms with Gasteiger partial charge >= 0.3 is 23.9 Å². The molecule has 0 spiro atoms. The zero-order valence-corrected chi connectivity index (χ0v) is 16.3. The first kappa shape index (κ1) is 17.9. The maximum absolute atomic E-state index is 12.7. The van der Waals surface area contributed by atoms with Crippen molar-refractivity contribution in [1.29, 1.82) is 0 Å². The largest absolute Gasteiger partial charge is 0.469 e. The molecule has 8 heteroatoms. The molecule has 2 bridgehead atoms. The van der Waals surface area contributed by atoms with Gasteiger partial charge in [0.2, 0.25) is 0 Å². The number of fused-ring (bicyclic) bond motifs is 1. The predicted octanol–water partition coefficient (Wildman–Crippen LogP) is 0.429. The highest BCUT2D eigenvalue weighted by atomic mass is 16.5. The molecule has 0 N–H and O–H groups in total. The fraction of sp³-hybridized carbons (Fsp3) is 0.800.